The summed E-state index contributed by atoms with van der Waals surface area (Å²) in [6.45, 7) is 0. The minimum atomic E-state index is -1.69. The number of aliphatic hydroxyl groups is 3. The number of aliphatic hydroxyl groups excluding tert-OH is 3. The van der Waals surface area contributed by atoms with E-state index in [4.69, 9.17) is 18.9 Å². The molecule has 0 aromatic heterocycles. The third kappa shape index (κ3) is 6.49. The summed E-state index contributed by atoms with van der Waals surface area (Å²) in [4.78, 5) is 0. The van der Waals surface area contributed by atoms with Crippen molar-refractivity contribution in [3.05, 3.63) is 142 Å². The number of phenols is 9. The molecule has 9 rings (SSSR count). The number of rotatable bonds is 6. The van der Waals surface area contributed by atoms with E-state index in [1.54, 1.807) is 0 Å². The molecule has 0 unspecified atom stereocenters. The average Bonchev–Trinajstić information content (AvgIpc) is 3.25. The molecule has 16 heteroatoms. The fourth-order valence-electron chi connectivity index (χ4n) is 8.36. The molecule has 0 amide bonds. The van der Waals surface area contributed by atoms with Crippen molar-refractivity contribution in [3.63, 3.8) is 0 Å². The molecule has 3 aliphatic rings. The SMILES string of the molecule is Oc1ccc([C@H]2Oc3c(cc([C@H]4c5ccc(O)c(O)c5O[C@H](c5ccc(O)cc5)[C@@H]4O)c(O)c3O)[C@@H](O[C@H]3c4ccc(O)c(O)c4O[C@H](c4ccc(O)cc4)[C@@H]3O)[C@H]2O)cc1. The van der Waals surface area contributed by atoms with Gasteiger partial charge in [0.1, 0.15) is 47.8 Å². The lowest BCUT2D eigenvalue weighted by Gasteiger charge is -2.43. The van der Waals surface area contributed by atoms with Crippen molar-refractivity contribution >= 4 is 0 Å². The van der Waals surface area contributed by atoms with Crippen molar-refractivity contribution in [2.45, 2.75) is 54.7 Å². The summed E-state index contributed by atoms with van der Waals surface area (Å²) in [5.74, 6) is -6.58. The quantitative estimate of drug-likeness (QED) is 0.0929. The highest BCUT2D eigenvalue weighted by atomic mass is 16.6. The molecule has 3 heterocycles. The highest BCUT2D eigenvalue weighted by Crippen LogP contribution is 2.59. The standard InChI is InChI=1S/C45H38O16/c46-21-7-1-18(2-8-21)38-34(54)30(24-13-15-28(49)32(52)41(24)58-38)26-17-27-44(35(55)31(26)51)60-40(20-5-11-23(48)12-6-20)37(57)45(27)61-43-25-14-16-29(50)33(53)42(25)59-39(36(43)56)19-3-9-22(47)10-4-19/h1-17,30,34,36-40,43,45-57H/t30-,34-,36+,37+,38-,39-,40-,43+,45-/m1/s1. The van der Waals surface area contributed by atoms with Crippen LogP contribution in [-0.4, -0.2) is 79.6 Å². The van der Waals surface area contributed by atoms with Crippen LogP contribution in [0.1, 0.15) is 75.4 Å². The molecule has 0 aliphatic carbocycles. The number of phenolic OH excluding ortho intramolecular Hbond substituents is 9. The monoisotopic (exact) mass is 834 g/mol. The maximum atomic E-state index is 12.3. The second-order valence-electron chi connectivity index (χ2n) is 15.1. The molecule has 0 spiro atoms. The van der Waals surface area contributed by atoms with Crippen LogP contribution in [0.15, 0.2) is 103 Å². The van der Waals surface area contributed by atoms with Gasteiger partial charge in [-0.2, -0.15) is 0 Å². The zero-order valence-corrected chi connectivity index (χ0v) is 31.5. The smallest absolute Gasteiger partial charge is 0.201 e. The first-order valence-corrected chi connectivity index (χ1v) is 19.0. The van der Waals surface area contributed by atoms with Gasteiger partial charge in [-0.3, -0.25) is 0 Å². The molecule has 12 N–H and O–H groups in total. The first kappa shape index (κ1) is 39.2. The van der Waals surface area contributed by atoms with E-state index in [9.17, 15) is 61.3 Å². The summed E-state index contributed by atoms with van der Waals surface area (Å²) in [7, 11) is 0. The third-order valence-electron chi connectivity index (χ3n) is 11.4. The molecule has 0 bridgehead atoms. The van der Waals surface area contributed by atoms with Crippen LogP contribution in [0, 0.1) is 0 Å². The first-order chi connectivity index (χ1) is 29.2. The Hall–Kier alpha value is -7.24. The lowest BCUT2D eigenvalue weighted by Crippen LogP contribution is -2.41. The third-order valence-corrected chi connectivity index (χ3v) is 11.4. The Kier molecular flexibility index (Phi) is 9.51. The Balaban J connectivity index is 1.22. The van der Waals surface area contributed by atoms with Gasteiger partial charge in [0.25, 0.3) is 0 Å². The lowest BCUT2D eigenvalue weighted by molar-refractivity contribution is -0.175. The molecule has 0 saturated heterocycles. The zero-order valence-electron chi connectivity index (χ0n) is 31.5. The maximum absolute atomic E-state index is 12.3. The Morgan fingerprint density at radius 1 is 0.361 bits per heavy atom. The average molecular weight is 835 g/mol. The molecule has 0 fully saturated rings. The van der Waals surface area contributed by atoms with Crippen LogP contribution in [0.2, 0.25) is 0 Å². The van der Waals surface area contributed by atoms with Crippen molar-refractivity contribution in [2.75, 3.05) is 0 Å². The van der Waals surface area contributed by atoms with Crippen LogP contribution in [0.3, 0.4) is 0 Å². The molecular weight excluding hydrogens is 796 g/mol. The van der Waals surface area contributed by atoms with Crippen LogP contribution in [0.5, 0.6) is 69.0 Å². The molecule has 314 valence electrons. The molecule has 0 radical (unpaired) electrons. The molecule has 16 nitrogen and oxygen atoms in total. The van der Waals surface area contributed by atoms with Gasteiger partial charge in [-0.05, 0) is 77.4 Å². The zero-order chi connectivity index (χ0) is 43.0. The van der Waals surface area contributed by atoms with E-state index in [0.29, 0.717) is 16.7 Å². The number of aromatic hydroxyl groups is 9. The van der Waals surface area contributed by atoms with E-state index in [1.165, 1.54) is 91.0 Å². The van der Waals surface area contributed by atoms with Gasteiger partial charge in [-0.25, -0.2) is 0 Å². The van der Waals surface area contributed by atoms with Crippen molar-refractivity contribution < 1.29 is 80.2 Å². The van der Waals surface area contributed by atoms with Gasteiger partial charge in [0.15, 0.2) is 52.8 Å². The number of hydrogen-bond acceptors (Lipinski definition) is 16. The largest absolute Gasteiger partial charge is 0.508 e. The predicted molar refractivity (Wildman–Crippen MR) is 210 cm³/mol. The van der Waals surface area contributed by atoms with E-state index in [-0.39, 0.29) is 56.8 Å². The minimum absolute atomic E-state index is 0.0447. The van der Waals surface area contributed by atoms with Crippen LogP contribution in [0.25, 0.3) is 0 Å². The summed E-state index contributed by atoms with van der Waals surface area (Å²) in [5, 5.41) is 133. The topological polar surface area (TPSA) is 280 Å². The Morgan fingerprint density at radius 3 is 1.20 bits per heavy atom. The number of hydrogen-bond donors (Lipinski definition) is 12. The van der Waals surface area contributed by atoms with Gasteiger partial charge in [-0.1, -0.05) is 42.5 Å². The van der Waals surface area contributed by atoms with Gasteiger partial charge in [0, 0.05) is 28.2 Å². The molecular formula is C45H38O16. The van der Waals surface area contributed by atoms with Crippen molar-refractivity contribution in [1.82, 2.24) is 0 Å². The molecule has 0 saturated carbocycles. The summed E-state index contributed by atoms with van der Waals surface area (Å²) in [6, 6.07) is 23.2. The normalized spacial score (nSPS) is 25.2. The second-order valence-corrected chi connectivity index (χ2v) is 15.1. The van der Waals surface area contributed by atoms with E-state index < -0.39 is 89.2 Å². The van der Waals surface area contributed by atoms with Gasteiger partial charge in [-0.15, -0.1) is 0 Å². The van der Waals surface area contributed by atoms with Crippen molar-refractivity contribution in [2.24, 2.45) is 0 Å². The number of fused-ring (bicyclic) bond motifs is 3. The lowest BCUT2D eigenvalue weighted by atomic mass is 9.78. The fraction of sp³-hybridized carbons (Fsp3) is 0.200. The van der Waals surface area contributed by atoms with Gasteiger partial charge >= 0.3 is 0 Å². The summed E-state index contributed by atoms with van der Waals surface area (Å²) in [5.41, 5.74) is 0.802. The first-order valence-electron chi connectivity index (χ1n) is 19.0. The van der Waals surface area contributed by atoms with E-state index in [1.807, 2.05) is 0 Å². The molecule has 3 aliphatic heterocycles. The van der Waals surface area contributed by atoms with Crippen LogP contribution in [-0.2, 0) is 4.74 Å². The fourth-order valence-corrected chi connectivity index (χ4v) is 8.36. The van der Waals surface area contributed by atoms with Crippen LogP contribution < -0.4 is 14.2 Å². The number of ether oxygens (including phenoxy) is 4. The van der Waals surface area contributed by atoms with Crippen LogP contribution >= 0.6 is 0 Å². The summed E-state index contributed by atoms with van der Waals surface area (Å²) >= 11 is 0. The van der Waals surface area contributed by atoms with Crippen molar-refractivity contribution in [3.8, 4) is 69.0 Å². The van der Waals surface area contributed by atoms with Gasteiger partial charge < -0.3 is 80.2 Å². The van der Waals surface area contributed by atoms with E-state index in [2.05, 4.69) is 0 Å². The summed E-state index contributed by atoms with van der Waals surface area (Å²) < 4.78 is 25.0. The van der Waals surface area contributed by atoms with E-state index in [0.717, 1.165) is 12.1 Å². The molecule has 9 atom stereocenters. The van der Waals surface area contributed by atoms with Crippen molar-refractivity contribution in [1.29, 1.82) is 0 Å². The van der Waals surface area contributed by atoms with Gasteiger partial charge in [0.05, 0.1) is 0 Å². The molecule has 61 heavy (non-hydrogen) atoms. The maximum Gasteiger partial charge on any atom is 0.201 e. The molecule has 6 aromatic carbocycles. The van der Waals surface area contributed by atoms with Crippen LogP contribution in [0.4, 0.5) is 0 Å². The minimum Gasteiger partial charge on any atom is -0.508 e. The Labute approximate surface area is 345 Å². The number of benzene rings is 6. The summed E-state index contributed by atoms with van der Waals surface area (Å²) in [6.07, 6.45) is -11.9. The highest BCUT2D eigenvalue weighted by molar-refractivity contribution is 5.66. The Morgan fingerprint density at radius 2 is 0.738 bits per heavy atom. The Bertz CT molecular complexity index is 2630. The van der Waals surface area contributed by atoms with Gasteiger partial charge in [0.2, 0.25) is 17.2 Å². The predicted octanol–water partition coefficient (Wildman–Crippen LogP) is 5.45. The molecule has 6 aromatic rings. The highest BCUT2D eigenvalue weighted by Gasteiger charge is 2.49. The van der Waals surface area contributed by atoms with E-state index >= 15 is 0 Å². The second kappa shape index (κ2) is 14.8.